The van der Waals surface area contributed by atoms with Gasteiger partial charge in [-0.3, -0.25) is 4.79 Å². The number of aromatic amines is 1. The molecule has 0 amide bonds. The van der Waals surface area contributed by atoms with Crippen LogP contribution in [0.1, 0.15) is 5.56 Å². The van der Waals surface area contributed by atoms with Crippen LogP contribution in [0.15, 0.2) is 71.5 Å². The molecule has 158 valence electrons. The Bertz CT molecular complexity index is 1580. The van der Waals surface area contributed by atoms with Crippen molar-refractivity contribution in [2.75, 3.05) is 0 Å². The second-order valence-corrected chi connectivity index (χ2v) is 7.36. The molecule has 0 spiro atoms. The zero-order valence-electron chi connectivity index (χ0n) is 16.7. The van der Waals surface area contributed by atoms with Crippen molar-refractivity contribution < 1.29 is 17.9 Å². The van der Waals surface area contributed by atoms with Crippen LogP contribution in [0.4, 0.5) is 13.2 Å². The van der Waals surface area contributed by atoms with Crippen LogP contribution in [0.2, 0.25) is 0 Å². The van der Waals surface area contributed by atoms with E-state index in [9.17, 15) is 18.0 Å². The number of nitrogens with one attached hydrogen (secondary N) is 1. The van der Waals surface area contributed by atoms with Crippen molar-refractivity contribution in [2.24, 2.45) is 0 Å². The third-order valence-corrected chi connectivity index (χ3v) is 5.27. The van der Waals surface area contributed by atoms with E-state index in [1.165, 1.54) is 37.3 Å². The highest BCUT2D eigenvalue weighted by Gasteiger charge is 2.17. The van der Waals surface area contributed by atoms with Gasteiger partial charge in [0.05, 0.1) is 16.8 Å². The number of hydrogen-bond donors (Lipinski definition) is 1. The van der Waals surface area contributed by atoms with Crippen LogP contribution in [0, 0.1) is 24.4 Å². The van der Waals surface area contributed by atoms with Gasteiger partial charge < -0.3 is 9.72 Å². The first-order valence-electron chi connectivity index (χ1n) is 9.76. The first-order valence-corrected chi connectivity index (χ1v) is 9.76. The zero-order chi connectivity index (χ0) is 22.4. The number of aromatic nitrogens is 2. The maximum Gasteiger partial charge on any atom is 0.229 e. The summed E-state index contributed by atoms with van der Waals surface area (Å²) < 4.78 is 47.1. The molecule has 0 aliphatic carbocycles. The molecule has 0 aliphatic heterocycles. The average Bonchev–Trinajstić information content (AvgIpc) is 2.79. The summed E-state index contributed by atoms with van der Waals surface area (Å²) in [4.78, 5) is 20.3. The molecular formula is C25H15F3N2O2. The third kappa shape index (κ3) is 3.37. The summed E-state index contributed by atoms with van der Waals surface area (Å²) in [6, 6.07) is 16.6. The van der Waals surface area contributed by atoms with E-state index in [0.29, 0.717) is 22.3 Å². The fraction of sp³-hybridized carbons (Fsp3) is 0.0400. The Kier molecular flexibility index (Phi) is 4.66. The second kappa shape index (κ2) is 7.53. The molecule has 2 aromatic heterocycles. The molecule has 5 rings (SSSR count). The molecule has 0 saturated carbocycles. The number of halogens is 3. The van der Waals surface area contributed by atoms with Gasteiger partial charge in [0.15, 0.2) is 17.1 Å². The lowest BCUT2D eigenvalue weighted by molar-refractivity contribution is 0.444. The van der Waals surface area contributed by atoms with Gasteiger partial charge in [0, 0.05) is 27.9 Å². The number of nitrogens with zero attached hydrogens (tertiary/aromatic N) is 1. The summed E-state index contributed by atoms with van der Waals surface area (Å²) in [6.07, 6.45) is 0. The summed E-state index contributed by atoms with van der Waals surface area (Å²) in [5.74, 6) is -2.30. The summed E-state index contributed by atoms with van der Waals surface area (Å²) in [6.45, 7) is 1.40. The van der Waals surface area contributed by atoms with Gasteiger partial charge in [0.2, 0.25) is 5.88 Å². The predicted octanol–water partition coefficient (Wildman–Crippen LogP) is 6.26. The Morgan fingerprint density at radius 2 is 1.75 bits per heavy atom. The fourth-order valence-electron chi connectivity index (χ4n) is 3.58. The second-order valence-electron chi connectivity index (χ2n) is 7.36. The zero-order valence-corrected chi connectivity index (χ0v) is 16.7. The van der Waals surface area contributed by atoms with Gasteiger partial charge in [-0.25, -0.2) is 18.2 Å². The molecule has 0 unspecified atom stereocenters. The van der Waals surface area contributed by atoms with Gasteiger partial charge in [-0.15, -0.1) is 0 Å². The molecule has 32 heavy (non-hydrogen) atoms. The van der Waals surface area contributed by atoms with Gasteiger partial charge in [-0.05, 0) is 49.4 Å². The summed E-state index contributed by atoms with van der Waals surface area (Å²) in [5.41, 5.74) is 1.51. The van der Waals surface area contributed by atoms with E-state index >= 15 is 0 Å². The predicted molar refractivity (Wildman–Crippen MR) is 116 cm³/mol. The molecular weight excluding hydrogens is 417 g/mol. The topological polar surface area (TPSA) is 55.0 Å². The van der Waals surface area contributed by atoms with Crippen LogP contribution in [0.3, 0.4) is 0 Å². The van der Waals surface area contributed by atoms with Crippen molar-refractivity contribution in [3.63, 3.8) is 0 Å². The Balaban J connectivity index is 1.74. The Labute approximate surface area is 179 Å². The van der Waals surface area contributed by atoms with Gasteiger partial charge in [0.1, 0.15) is 11.6 Å². The number of pyridine rings is 2. The quantitative estimate of drug-likeness (QED) is 0.366. The molecule has 0 saturated heterocycles. The Morgan fingerprint density at radius 3 is 2.59 bits per heavy atom. The summed E-state index contributed by atoms with van der Waals surface area (Å²) in [5, 5.41) is 0.998. The molecule has 5 aromatic rings. The van der Waals surface area contributed by atoms with Crippen molar-refractivity contribution >= 4 is 21.8 Å². The van der Waals surface area contributed by atoms with Gasteiger partial charge in [-0.1, -0.05) is 18.2 Å². The molecule has 3 aromatic carbocycles. The van der Waals surface area contributed by atoms with Crippen molar-refractivity contribution in [3.8, 4) is 22.9 Å². The van der Waals surface area contributed by atoms with Crippen LogP contribution in [0.5, 0.6) is 11.6 Å². The Hall–Kier alpha value is -4.13. The number of benzene rings is 3. The normalized spacial score (nSPS) is 11.2. The van der Waals surface area contributed by atoms with Gasteiger partial charge in [-0.2, -0.15) is 0 Å². The lowest BCUT2D eigenvalue weighted by Crippen LogP contribution is -2.05. The highest BCUT2D eigenvalue weighted by atomic mass is 19.2. The molecule has 0 bridgehead atoms. The maximum absolute atomic E-state index is 14.1. The van der Waals surface area contributed by atoms with Gasteiger partial charge >= 0.3 is 0 Å². The van der Waals surface area contributed by atoms with E-state index in [2.05, 4.69) is 9.97 Å². The fourth-order valence-corrected chi connectivity index (χ4v) is 3.58. The molecule has 0 fully saturated rings. The SMILES string of the molecule is Cc1c(Oc2nc3ccccc3cc2-c2cc(=O)c3cc(F)ccc3[nH]2)ccc(F)c1F. The van der Waals surface area contributed by atoms with Crippen molar-refractivity contribution in [2.45, 2.75) is 6.92 Å². The molecule has 0 radical (unpaired) electrons. The summed E-state index contributed by atoms with van der Waals surface area (Å²) in [7, 11) is 0. The first-order chi connectivity index (χ1) is 15.4. The number of rotatable bonds is 3. The van der Waals surface area contributed by atoms with Crippen LogP contribution in [-0.2, 0) is 0 Å². The molecule has 4 nitrogen and oxygen atoms in total. The minimum absolute atomic E-state index is 0.00612. The lowest BCUT2D eigenvalue weighted by Gasteiger charge is -2.14. The van der Waals surface area contributed by atoms with Crippen molar-refractivity contribution in [3.05, 3.63) is 100.0 Å². The molecule has 0 aliphatic rings. The van der Waals surface area contributed by atoms with E-state index in [-0.39, 0.29) is 28.0 Å². The van der Waals surface area contributed by atoms with E-state index < -0.39 is 17.5 Å². The molecule has 2 heterocycles. The minimum Gasteiger partial charge on any atom is -0.438 e. The smallest absolute Gasteiger partial charge is 0.229 e. The number of hydrogen-bond acceptors (Lipinski definition) is 3. The monoisotopic (exact) mass is 432 g/mol. The number of ether oxygens (including phenoxy) is 1. The van der Waals surface area contributed by atoms with Crippen LogP contribution in [0.25, 0.3) is 33.1 Å². The van der Waals surface area contributed by atoms with Gasteiger partial charge in [0.25, 0.3) is 0 Å². The molecule has 1 N–H and O–H groups in total. The number of H-pyrrole nitrogens is 1. The van der Waals surface area contributed by atoms with E-state index in [4.69, 9.17) is 4.74 Å². The highest BCUT2D eigenvalue weighted by molar-refractivity contribution is 5.88. The third-order valence-electron chi connectivity index (χ3n) is 5.27. The van der Waals surface area contributed by atoms with E-state index in [1.54, 1.807) is 12.1 Å². The minimum atomic E-state index is -1.01. The van der Waals surface area contributed by atoms with Crippen LogP contribution < -0.4 is 10.2 Å². The largest absolute Gasteiger partial charge is 0.438 e. The lowest BCUT2D eigenvalue weighted by atomic mass is 10.1. The van der Waals surface area contributed by atoms with E-state index in [1.807, 2.05) is 18.2 Å². The summed E-state index contributed by atoms with van der Waals surface area (Å²) >= 11 is 0. The Morgan fingerprint density at radius 1 is 0.938 bits per heavy atom. The number of fused-ring (bicyclic) bond motifs is 2. The number of para-hydroxylation sites is 1. The average molecular weight is 432 g/mol. The standard InChI is InChI=1S/C25H15F3N2O2/c1-13-23(9-7-18(27)24(13)28)32-25-17(10-14-4-2-3-5-19(14)30-25)21-12-22(31)16-11-15(26)6-8-20(16)29-21/h2-12H,1H3,(H,29,31). The van der Waals surface area contributed by atoms with Crippen LogP contribution in [-0.4, -0.2) is 9.97 Å². The first kappa shape index (κ1) is 19.8. The molecule has 7 heteroatoms. The highest BCUT2D eigenvalue weighted by Crippen LogP contribution is 2.35. The van der Waals surface area contributed by atoms with Crippen molar-refractivity contribution in [1.29, 1.82) is 0 Å². The maximum atomic E-state index is 14.1. The van der Waals surface area contributed by atoms with Crippen molar-refractivity contribution in [1.82, 2.24) is 9.97 Å². The van der Waals surface area contributed by atoms with E-state index in [0.717, 1.165) is 11.5 Å². The molecule has 0 atom stereocenters. The van der Waals surface area contributed by atoms with Crippen LogP contribution >= 0.6 is 0 Å².